The first kappa shape index (κ1) is 15.1. The highest BCUT2D eigenvalue weighted by atomic mass is 19.1. The normalized spacial score (nSPS) is 54.2. The number of fused-ring (bicyclic) bond motifs is 5. The summed E-state index contributed by atoms with van der Waals surface area (Å²) in [6, 6.07) is 0. The number of hydrogen-bond acceptors (Lipinski definition) is 2. The largest absolute Gasteiger partial charge is 0.396 e. The molecule has 2 N–H and O–H groups in total. The van der Waals surface area contributed by atoms with Gasteiger partial charge in [0.25, 0.3) is 0 Å². The molecule has 0 unspecified atom stereocenters. The highest BCUT2D eigenvalue weighted by Crippen LogP contribution is 2.65. The van der Waals surface area contributed by atoms with Crippen LogP contribution in [0.5, 0.6) is 0 Å². The fourth-order valence-electron chi connectivity index (χ4n) is 6.74. The number of alkyl halides is 1. The molecule has 3 heteroatoms. The summed E-state index contributed by atoms with van der Waals surface area (Å²) >= 11 is 0. The Morgan fingerprint density at radius 2 is 2.09 bits per heavy atom. The molecule has 3 saturated carbocycles. The zero-order valence-corrected chi connectivity index (χ0v) is 13.6. The Bertz CT molecular complexity index is 490. The van der Waals surface area contributed by atoms with Crippen LogP contribution in [-0.2, 0) is 0 Å². The molecular weight excluding hydrogens is 279 g/mol. The van der Waals surface area contributed by atoms with E-state index < -0.39 is 17.7 Å². The first-order valence-corrected chi connectivity index (χ1v) is 9.15. The van der Waals surface area contributed by atoms with E-state index in [1.807, 2.05) is 0 Å². The van der Waals surface area contributed by atoms with Gasteiger partial charge in [0.2, 0.25) is 0 Å². The lowest BCUT2D eigenvalue weighted by molar-refractivity contribution is -0.107. The SMILES string of the molecule is C[C@]12CCCCC1=CC[C@H]1[C@@H]3C[C@@H](F)[C@H](O)[C@@]3(CO)CC[C@@H]12. The molecule has 0 bridgehead atoms. The van der Waals surface area contributed by atoms with Crippen molar-refractivity contribution in [3.05, 3.63) is 11.6 Å². The molecule has 0 amide bonds. The monoisotopic (exact) mass is 308 g/mol. The van der Waals surface area contributed by atoms with E-state index in [-0.39, 0.29) is 12.5 Å². The number of allylic oxidation sites excluding steroid dienone is 2. The van der Waals surface area contributed by atoms with E-state index in [9.17, 15) is 14.6 Å². The van der Waals surface area contributed by atoms with Gasteiger partial charge >= 0.3 is 0 Å². The number of hydrogen-bond donors (Lipinski definition) is 2. The highest BCUT2D eigenvalue weighted by molar-refractivity contribution is 5.25. The predicted molar refractivity (Wildman–Crippen MR) is 84.0 cm³/mol. The van der Waals surface area contributed by atoms with E-state index in [1.165, 1.54) is 25.7 Å². The Balaban J connectivity index is 1.71. The van der Waals surface area contributed by atoms with Crippen molar-refractivity contribution in [2.75, 3.05) is 6.61 Å². The van der Waals surface area contributed by atoms with Gasteiger partial charge in [0.05, 0.1) is 12.7 Å². The molecule has 4 rings (SSSR count). The van der Waals surface area contributed by atoms with Gasteiger partial charge in [-0.15, -0.1) is 0 Å². The molecule has 0 spiro atoms. The number of aliphatic hydroxyl groups is 2. The first-order chi connectivity index (χ1) is 10.5. The summed E-state index contributed by atoms with van der Waals surface area (Å²) in [5, 5.41) is 20.4. The topological polar surface area (TPSA) is 40.5 Å². The molecule has 124 valence electrons. The van der Waals surface area contributed by atoms with Gasteiger partial charge in [-0.3, -0.25) is 0 Å². The molecule has 0 aromatic rings. The summed E-state index contributed by atoms with van der Waals surface area (Å²) in [5.74, 6) is 1.22. The van der Waals surface area contributed by atoms with E-state index in [0.717, 1.165) is 19.3 Å². The van der Waals surface area contributed by atoms with Crippen LogP contribution in [0.1, 0.15) is 58.3 Å². The Labute approximate surface area is 132 Å². The molecule has 4 aliphatic rings. The van der Waals surface area contributed by atoms with E-state index >= 15 is 0 Å². The van der Waals surface area contributed by atoms with Crippen molar-refractivity contribution < 1.29 is 14.6 Å². The van der Waals surface area contributed by atoms with Crippen LogP contribution in [0.3, 0.4) is 0 Å². The predicted octanol–water partition coefficient (Wildman–Crippen LogP) is 3.62. The zero-order chi connectivity index (χ0) is 15.5. The maximum Gasteiger partial charge on any atom is 0.127 e. The van der Waals surface area contributed by atoms with Crippen molar-refractivity contribution in [1.29, 1.82) is 0 Å². The van der Waals surface area contributed by atoms with Crippen molar-refractivity contribution in [3.8, 4) is 0 Å². The quantitative estimate of drug-likeness (QED) is 0.726. The Kier molecular flexibility index (Phi) is 3.47. The highest BCUT2D eigenvalue weighted by Gasteiger charge is 2.62. The fourth-order valence-corrected chi connectivity index (χ4v) is 6.74. The van der Waals surface area contributed by atoms with Gasteiger partial charge in [0.1, 0.15) is 6.17 Å². The first-order valence-electron chi connectivity index (χ1n) is 9.15. The lowest BCUT2D eigenvalue weighted by atomic mass is 9.48. The second-order valence-electron chi connectivity index (χ2n) is 8.59. The number of halogens is 1. The minimum atomic E-state index is -1.15. The van der Waals surface area contributed by atoms with Crippen LogP contribution in [0.4, 0.5) is 4.39 Å². The maximum absolute atomic E-state index is 14.3. The third-order valence-electron chi connectivity index (χ3n) is 7.98. The Morgan fingerprint density at radius 3 is 2.86 bits per heavy atom. The maximum atomic E-state index is 14.3. The van der Waals surface area contributed by atoms with Gasteiger partial charge in [-0.1, -0.05) is 25.0 Å². The van der Waals surface area contributed by atoms with E-state index in [2.05, 4.69) is 13.0 Å². The third kappa shape index (κ3) is 1.78. The average Bonchev–Trinajstić information content (AvgIpc) is 2.79. The van der Waals surface area contributed by atoms with E-state index in [4.69, 9.17) is 0 Å². The molecule has 7 atom stereocenters. The van der Waals surface area contributed by atoms with E-state index in [1.54, 1.807) is 5.57 Å². The summed E-state index contributed by atoms with van der Waals surface area (Å²) in [4.78, 5) is 0. The summed E-state index contributed by atoms with van der Waals surface area (Å²) in [7, 11) is 0. The van der Waals surface area contributed by atoms with Crippen molar-refractivity contribution in [1.82, 2.24) is 0 Å². The molecule has 0 aliphatic heterocycles. The van der Waals surface area contributed by atoms with E-state index in [0.29, 0.717) is 23.7 Å². The van der Waals surface area contributed by atoms with Crippen LogP contribution in [0.25, 0.3) is 0 Å². The molecule has 0 radical (unpaired) electrons. The average molecular weight is 308 g/mol. The standard InChI is InChI=1S/C19H29FO2/c1-18-8-3-2-4-12(18)5-6-13-14(18)7-9-19(11-21)15(13)10-16(20)17(19)22/h5,13-17,21-22H,2-4,6-11H2,1H3/t13-,14+,15+,16-,17+,18+,19-/m1/s1. The molecule has 22 heavy (non-hydrogen) atoms. The van der Waals surface area contributed by atoms with Gasteiger partial charge < -0.3 is 10.2 Å². The van der Waals surface area contributed by atoms with Crippen LogP contribution in [0.15, 0.2) is 11.6 Å². The molecule has 4 aliphatic carbocycles. The van der Waals surface area contributed by atoms with Crippen molar-refractivity contribution in [2.45, 2.75) is 70.6 Å². The molecule has 2 nitrogen and oxygen atoms in total. The molecule has 3 fully saturated rings. The third-order valence-corrected chi connectivity index (χ3v) is 7.98. The van der Waals surface area contributed by atoms with Gasteiger partial charge in [0.15, 0.2) is 0 Å². The van der Waals surface area contributed by atoms with Crippen LogP contribution in [0.2, 0.25) is 0 Å². The molecule has 0 aromatic heterocycles. The van der Waals surface area contributed by atoms with Gasteiger partial charge in [0, 0.05) is 5.41 Å². The van der Waals surface area contributed by atoms with Crippen LogP contribution in [-0.4, -0.2) is 29.1 Å². The Hall–Kier alpha value is -0.410. The molecule has 0 aromatic carbocycles. The van der Waals surface area contributed by atoms with Crippen LogP contribution < -0.4 is 0 Å². The molecule has 0 saturated heterocycles. The fraction of sp³-hybridized carbons (Fsp3) is 0.895. The summed E-state index contributed by atoms with van der Waals surface area (Å²) in [6.45, 7) is 2.37. The van der Waals surface area contributed by atoms with Crippen LogP contribution in [0, 0.1) is 28.6 Å². The van der Waals surface area contributed by atoms with Crippen LogP contribution >= 0.6 is 0 Å². The lowest BCUT2D eigenvalue weighted by Gasteiger charge is -2.57. The van der Waals surface area contributed by atoms with Crippen molar-refractivity contribution >= 4 is 0 Å². The Morgan fingerprint density at radius 1 is 1.27 bits per heavy atom. The number of aliphatic hydroxyl groups excluding tert-OH is 2. The minimum Gasteiger partial charge on any atom is -0.396 e. The van der Waals surface area contributed by atoms with Gasteiger partial charge in [-0.05, 0) is 68.1 Å². The summed E-state index contributed by atoms with van der Waals surface area (Å²) in [6.07, 6.45) is 8.75. The zero-order valence-electron chi connectivity index (χ0n) is 13.6. The van der Waals surface area contributed by atoms with Gasteiger partial charge in [-0.25, -0.2) is 4.39 Å². The van der Waals surface area contributed by atoms with Crippen molar-refractivity contribution in [3.63, 3.8) is 0 Å². The summed E-state index contributed by atoms with van der Waals surface area (Å²) < 4.78 is 14.3. The molecule has 0 heterocycles. The molecular formula is C19H29FO2. The van der Waals surface area contributed by atoms with Crippen molar-refractivity contribution in [2.24, 2.45) is 28.6 Å². The second kappa shape index (κ2) is 5.04. The van der Waals surface area contributed by atoms with Gasteiger partial charge in [-0.2, -0.15) is 0 Å². The minimum absolute atomic E-state index is 0.0598. The smallest absolute Gasteiger partial charge is 0.127 e. The lowest BCUT2D eigenvalue weighted by Crippen LogP contribution is -2.53. The summed E-state index contributed by atoms with van der Waals surface area (Å²) in [5.41, 5.74) is 1.37. The second-order valence-corrected chi connectivity index (χ2v) is 8.59. The number of rotatable bonds is 1.